The van der Waals surface area contributed by atoms with Crippen molar-refractivity contribution in [2.45, 2.75) is 19.9 Å². The van der Waals surface area contributed by atoms with Crippen LogP contribution in [-0.4, -0.2) is 54.1 Å². The Hall–Kier alpha value is -2.07. The molecule has 0 aromatic carbocycles. The number of carboxylic acid groups (broad SMARTS) is 1. The van der Waals surface area contributed by atoms with Gasteiger partial charge in [0.15, 0.2) is 0 Å². The number of nitrogens with zero attached hydrogens (tertiary/aromatic N) is 2. The molecule has 110 valence electrons. The van der Waals surface area contributed by atoms with E-state index in [0.29, 0.717) is 26.2 Å². The molecule has 1 aliphatic rings. The van der Waals surface area contributed by atoms with Crippen molar-refractivity contribution in [3.05, 3.63) is 11.8 Å². The SMILES string of the molecule is CC(C)C(N/C=C(/C#N)C(=O)N1CCNCC1)C(=O)O. The molecule has 1 aliphatic heterocycles. The molecule has 1 amide bonds. The number of carbonyl (C=O) groups is 2. The van der Waals surface area contributed by atoms with Gasteiger partial charge in [0, 0.05) is 32.4 Å². The summed E-state index contributed by atoms with van der Waals surface area (Å²) in [6, 6.07) is 1.00. The Labute approximate surface area is 118 Å². The van der Waals surface area contributed by atoms with E-state index in [1.54, 1.807) is 18.7 Å². The molecule has 1 atom stereocenters. The predicted molar refractivity (Wildman–Crippen MR) is 72.5 cm³/mol. The Morgan fingerprint density at radius 1 is 1.40 bits per heavy atom. The average molecular weight is 280 g/mol. The second-order valence-corrected chi connectivity index (χ2v) is 4.94. The number of hydrogen-bond donors (Lipinski definition) is 3. The fourth-order valence-corrected chi connectivity index (χ4v) is 1.90. The summed E-state index contributed by atoms with van der Waals surface area (Å²) in [6.45, 7) is 5.99. The second-order valence-electron chi connectivity index (χ2n) is 4.94. The largest absolute Gasteiger partial charge is 0.480 e. The van der Waals surface area contributed by atoms with Crippen LogP contribution < -0.4 is 10.6 Å². The summed E-state index contributed by atoms with van der Waals surface area (Å²) in [4.78, 5) is 24.7. The van der Waals surface area contributed by atoms with Crippen LogP contribution in [0.1, 0.15) is 13.8 Å². The first-order valence-electron chi connectivity index (χ1n) is 6.56. The smallest absolute Gasteiger partial charge is 0.326 e. The number of nitriles is 1. The molecule has 1 heterocycles. The molecule has 0 aliphatic carbocycles. The molecule has 0 spiro atoms. The van der Waals surface area contributed by atoms with Crippen LogP contribution >= 0.6 is 0 Å². The van der Waals surface area contributed by atoms with Gasteiger partial charge < -0.3 is 20.6 Å². The maximum absolute atomic E-state index is 12.1. The molecule has 1 rings (SSSR count). The van der Waals surface area contributed by atoms with Crippen molar-refractivity contribution in [1.29, 1.82) is 5.26 Å². The predicted octanol–water partition coefficient (Wildman–Crippen LogP) is -0.476. The van der Waals surface area contributed by atoms with Gasteiger partial charge in [-0.3, -0.25) is 4.79 Å². The first kappa shape index (κ1) is 16.0. The molecule has 1 unspecified atom stereocenters. The first-order chi connectivity index (χ1) is 9.47. The van der Waals surface area contributed by atoms with E-state index in [-0.39, 0.29) is 17.4 Å². The quantitative estimate of drug-likeness (QED) is 0.464. The van der Waals surface area contributed by atoms with Crippen LogP contribution in [0.5, 0.6) is 0 Å². The third-order valence-corrected chi connectivity index (χ3v) is 3.10. The Kier molecular flexibility index (Phi) is 6.00. The highest BCUT2D eigenvalue weighted by Gasteiger charge is 2.23. The molecule has 20 heavy (non-hydrogen) atoms. The maximum Gasteiger partial charge on any atom is 0.326 e. The normalized spacial score (nSPS) is 17.5. The molecule has 1 saturated heterocycles. The summed E-state index contributed by atoms with van der Waals surface area (Å²) >= 11 is 0. The van der Waals surface area contributed by atoms with Gasteiger partial charge in [-0.2, -0.15) is 5.26 Å². The third-order valence-electron chi connectivity index (χ3n) is 3.10. The van der Waals surface area contributed by atoms with Crippen LogP contribution in [0.2, 0.25) is 0 Å². The van der Waals surface area contributed by atoms with Gasteiger partial charge in [-0.15, -0.1) is 0 Å². The monoisotopic (exact) mass is 280 g/mol. The van der Waals surface area contributed by atoms with Gasteiger partial charge in [-0.25, -0.2) is 4.79 Å². The lowest BCUT2D eigenvalue weighted by molar-refractivity contribution is -0.140. The van der Waals surface area contributed by atoms with Crippen molar-refractivity contribution in [2.75, 3.05) is 26.2 Å². The summed E-state index contributed by atoms with van der Waals surface area (Å²) in [7, 11) is 0. The molecule has 7 heteroatoms. The Bertz CT molecular complexity index is 433. The van der Waals surface area contributed by atoms with Crippen molar-refractivity contribution in [2.24, 2.45) is 5.92 Å². The van der Waals surface area contributed by atoms with Gasteiger partial charge in [0.2, 0.25) is 0 Å². The molecule has 3 N–H and O–H groups in total. The van der Waals surface area contributed by atoms with Crippen LogP contribution in [0.3, 0.4) is 0 Å². The van der Waals surface area contributed by atoms with Crippen molar-refractivity contribution < 1.29 is 14.7 Å². The zero-order valence-electron chi connectivity index (χ0n) is 11.7. The highest BCUT2D eigenvalue weighted by Crippen LogP contribution is 2.05. The molecule has 7 nitrogen and oxygen atoms in total. The lowest BCUT2D eigenvalue weighted by Crippen LogP contribution is -2.47. The summed E-state index contributed by atoms with van der Waals surface area (Å²) < 4.78 is 0. The van der Waals surface area contributed by atoms with E-state index in [4.69, 9.17) is 10.4 Å². The van der Waals surface area contributed by atoms with Crippen LogP contribution in [0.25, 0.3) is 0 Å². The topological polar surface area (TPSA) is 105 Å². The number of amides is 1. The number of hydrogen-bond acceptors (Lipinski definition) is 5. The van der Waals surface area contributed by atoms with Crippen molar-refractivity contribution in [3.8, 4) is 6.07 Å². The number of nitrogens with one attached hydrogen (secondary N) is 2. The number of piperazine rings is 1. The number of carbonyl (C=O) groups excluding carboxylic acids is 1. The fraction of sp³-hybridized carbons (Fsp3) is 0.615. The van der Waals surface area contributed by atoms with Gasteiger partial charge in [-0.05, 0) is 5.92 Å². The number of aliphatic carboxylic acids is 1. The summed E-state index contributed by atoms with van der Waals surface area (Å²) in [5.74, 6) is -1.53. The highest BCUT2D eigenvalue weighted by atomic mass is 16.4. The Morgan fingerprint density at radius 2 is 2.00 bits per heavy atom. The Balaban J connectivity index is 2.73. The van der Waals surface area contributed by atoms with Gasteiger partial charge in [0.05, 0.1) is 0 Å². The zero-order chi connectivity index (χ0) is 15.1. The van der Waals surface area contributed by atoms with Crippen molar-refractivity contribution >= 4 is 11.9 Å². The van der Waals surface area contributed by atoms with Crippen LogP contribution in [0, 0.1) is 17.2 Å². The lowest BCUT2D eigenvalue weighted by Gasteiger charge is -2.27. The van der Waals surface area contributed by atoms with Crippen LogP contribution in [0.15, 0.2) is 11.8 Å². The van der Waals surface area contributed by atoms with E-state index >= 15 is 0 Å². The second kappa shape index (κ2) is 7.50. The minimum absolute atomic E-state index is 0.0706. The minimum Gasteiger partial charge on any atom is -0.480 e. The third kappa shape index (κ3) is 4.24. The molecule has 1 fully saturated rings. The summed E-state index contributed by atoms with van der Waals surface area (Å²) in [6.07, 6.45) is 1.21. The molecular formula is C13H20N4O3. The molecule has 0 aromatic rings. The lowest BCUT2D eigenvalue weighted by atomic mass is 10.1. The molecule has 0 bridgehead atoms. The van der Waals surface area contributed by atoms with Crippen molar-refractivity contribution in [3.63, 3.8) is 0 Å². The fourth-order valence-electron chi connectivity index (χ4n) is 1.90. The van der Waals surface area contributed by atoms with E-state index in [1.165, 1.54) is 6.20 Å². The standard InChI is InChI=1S/C13H20N4O3/c1-9(2)11(13(19)20)16-8-10(7-14)12(18)17-5-3-15-4-6-17/h8-9,11,15-16H,3-6H2,1-2H3,(H,19,20)/b10-8-. The minimum atomic E-state index is -1.01. The zero-order valence-corrected chi connectivity index (χ0v) is 11.7. The van der Waals surface area contributed by atoms with Gasteiger partial charge in [0.25, 0.3) is 5.91 Å². The van der Waals surface area contributed by atoms with E-state index in [0.717, 1.165) is 0 Å². The van der Waals surface area contributed by atoms with Crippen LogP contribution in [-0.2, 0) is 9.59 Å². The first-order valence-corrected chi connectivity index (χ1v) is 6.56. The van der Waals surface area contributed by atoms with Gasteiger partial charge in [0.1, 0.15) is 17.7 Å². The van der Waals surface area contributed by atoms with Crippen LogP contribution in [0.4, 0.5) is 0 Å². The van der Waals surface area contributed by atoms with E-state index in [2.05, 4.69) is 10.6 Å². The molecular weight excluding hydrogens is 260 g/mol. The summed E-state index contributed by atoms with van der Waals surface area (Å²) in [5.41, 5.74) is -0.0706. The summed E-state index contributed by atoms with van der Waals surface area (Å²) in [5, 5.41) is 23.8. The van der Waals surface area contributed by atoms with Gasteiger partial charge in [-0.1, -0.05) is 13.8 Å². The maximum atomic E-state index is 12.1. The number of carboxylic acids is 1. The highest BCUT2D eigenvalue weighted by molar-refractivity contribution is 5.97. The molecule has 0 saturated carbocycles. The van der Waals surface area contributed by atoms with E-state index in [9.17, 15) is 9.59 Å². The molecule has 0 radical (unpaired) electrons. The van der Waals surface area contributed by atoms with Gasteiger partial charge >= 0.3 is 5.97 Å². The number of rotatable bonds is 5. The average Bonchev–Trinajstić information content (AvgIpc) is 2.43. The van der Waals surface area contributed by atoms with Crippen molar-refractivity contribution in [1.82, 2.24) is 15.5 Å². The van der Waals surface area contributed by atoms with E-state index in [1.807, 2.05) is 6.07 Å². The molecule has 0 aromatic heterocycles. The Morgan fingerprint density at radius 3 is 2.45 bits per heavy atom. The van der Waals surface area contributed by atoms with E-state index < -0.39 is 12.0 Å².